The van der Waals surface area contributed by atoms with Gasteiger partial charge < -0.3 is 15.5 Å². The van der Waals surface area contributed by atoms with Crippen molar-refractivity contribution in [2.45, 2.75) is 32.7 Å². The summed E-state index contributed by atoms with van der Waals surface area (Å²) in [5, 5.41) is 6.15. The lowest BCUT2D eigenvalue weighted by molar-refractivity contribution is -0.117. The largest absolute Gasteiger partial charge is 0.350 e. The van der Waals surface area contributed by atoms with Crippen LogP contribution in [0.2, 0.25) is 0 Å². The summed E-state index contributed by atoms with van der Waals surface area (Å²) in [5.41, 5.74) is 1.40. The van der Waals surface area contributed by atoms with E-state index in [1.807, 2.05) is 26.0 Å². The topological polar surface area (TPSA) is 61.4 Å². The molecule has 0 saturated carbocycles. The highest BCUT2D eigenvalue weighted by molar-refractivity contribution is 5.99. The fourth-order valence-corrected chi connectivity index (χ4v) is 2.50. The van der Waals surface area contributed by atoms with E-state index in [1.54, 1.807) is 17.0 Å². The summed E-state index contributed by atoms with van der Waals surface area (Å²) in [6.45, 7) is 6.27. The van der Waals surface area contributed by atoms with Crippen LogP contribution in [-0.2, 0) is 4.79 Å². The Bertz CT molecular complexity index is 516. The van der Waals surface area contributed by atoms with Crippen LogP contribution in [0.4, 0.5) is 5.69 Å². The quantitative estimate of drug-likeness (QED) is 0.835. The number of hydrogen-bond donors (Lipinski definition) is 2. The summed E-state index contributed by atoms with van der Waals surface area (Å²) in [6.07, 6.45) is 1.48. The third-order valence-electron chi connectivity index (χ3n) is 3.61. The minimum Gasteiger partial charge on any atom is -0.350 e. The molecule has 0 aromatic heterocycles. The van der Waals surface area contributed by atoms with Crippen LogP contribution in [0.5, 0.6) is 0 Å². The molecule has 2 N–H and O–H groups in total. The molecular formula is C16H23N3O2. The van der Waals surface area contributed by atoms with Crippen LogP contribution in [0.15, 0.2) is 24.3 Å². The van der Waals surface area contributed by atoms with Crippen LogP contribution in [0.1, 0.15) is 37.0 Å². The van der Waals surface area contributed by atoms with Crippen molar-refractivity contribution in [3.63, 3.8) is 0 Å². The van der Waals surface area contributed by atoms with Crippen molar-refractivity contribution in [3.8, 4) is 0 Å². The van der Waals surface area contributed by atoms with Gasteiger partial charge in [-0.1, -0.05) is 13.0 Å². The number of hydrogen-bond acceptors (Lipinski definition) is 3. The van der Waals surface area contributed by atoms with Crippen LogP contribution >= 0.6 is 0 Å². The average molecular weight is 289 g/mol. The molecule has 1 heterocycles. The molecule has 1 atom stereocenters. The van der Waals surface area contributed by atoms with Gasteiger partial charge in [-0.25, -0.2) is 0 Å². The standard InChI is InChI=1S/C16H23N3O2/c1-3-17-12(2)11-18-16(21)13-6-4-7-14(10-13)19-9-5-8-15(19)20/h4,6-7,10,12,17H,3,5,8-9,11H2,1-2H3,(H,18,21)/t12-/m1/s1. The van der Waals surface area contributed by atoms with Crippen LogP contribution in [0.25, 0.3) is 0 Å². The molecule has 2 amide bonds. The van der Waals surface area contributed by atoms with Crippen LogP contribution < -0.4 is 15.5 Å². The minimum absolute atomic E-state index is 0.103. The summed E-state index contributed by atoms with van der Waals surface area (Å²) in [6, 6.07) is 7.50. The van der Waals surface area contributed by atoms with Crippen molar-refractivity contribution in [1.82, 2.24) is 10.6 Å². The van der Waals surface area contributed by atoms with Gasteiger partial charge in [-0.05, 0) is 38.1 Å². The van der Waals surface area contributed by atoms with Crippen LogP contribution in [0, 0.1) is 0 Å². The van der Waals surface area contributed by atoms with E-state index in [0.717, 1.165) is 25.2 Å². The zero-order chi connectivity index (χ0) is 15.2. The first kappa shape index (κ1) is 15.5. The third kappa shape index (κ3) is 4.04. The van der Waals surface area contributed by atoms with Crippen molar-refractivity contribution in [2.75, 3.05) is 24.5 Å². The molecule has 1 aromatic carbocycles. The molecule has 0 aliphatic carbocycles. The van der Waals surface area contributed by atoms with E-state index >= 15 is 0 Å². The number of carbonyl (C=O) groups is 2. The number of benzene rings is 1. The SMILES string of the molecule is CCN[C@H](C)CNC(=O)c1cccc(N2CCCC2=O)c1. The lowest BCUT2D eigenvalue weighted by Gasteiger charge is -2.17. The molecule has 1 aliphatic rings. The maximum absolute atomic E-state index is 12.2. The maximum Gasteiger partial charge on any atom is 0.251 e. The molecule has 5 heteroatoms. The van der Waals surface area contributed by atoms with Gasteiger partial charge in [-0.2, -0.15) is 0 Å². The molecule has 5 nitrogen and oxygen atoms in total. The molecule has 114 valence electrons. The Morgan fingerprint density at radius 1 is 1.43 bits per heavy atom. The van der Waals surface area contributed by atoms with Gasteiger partial charge in [0.05, 0.1) is 0 Å². The van der Waals surface area contributed by atoms with Crippen molar-refractivity contribution in [1.29, 1.82) is 0 Å². The maximum atomic E-state index is 12.2. The van der Waals surface area contributed by atoms with E-state index in [0.29, 0.717) is 18.5 Å². The first-order chi connectivity index (χ1) is 10.1. The van der Waals surface area contributed by atoms with Crippen molar-refractivity contribution < 1.29 is 9.59 Å². The van der Waals surface area contributed by atoms with Crippen molar-refractivity contribution in [3.05, 3.63) is 29.8 Å². The average Bonchev–Trinajstić information content (AvgIpc) is 2.91. The zero-order valence-electron chi connectivity index (χ0n) is 12.7. The predicted molar refractivity (Wildman–Crippen MR) is 83.5 cm³/mol. The van der Waals surface area contributed by atoms with Crippen LogP contribution in [-0.4, -0.2) is 37.5 Å². The molecule has 1 fully saturated rings. The zero-order valence-corrected chi connectivity index (χ0v) is 12.7. The Morgan fingerprint density at radius 3 is 2.90 bits per heavy atom. The van der Waals surface area contributed by atoms with E-state index in [-0.39, 0.29) is 17.9 Å². The molecule has 0 bridgehead atoms. The van der Waals surface area contributed by atoms with E-state index < -0.39 is 0 Å². The molecule has 0 spiro atoms. The fourth-order valence-electron chi connectivity index (χ4n) is 2.50. The highest BCUT2D eigenvalue weighted by Crippen LogP contribution is 2.22. The number of rotatable bonds is 6. The first-order valence-corrected chi connectivity index (χ1v) is 7.54. The van der Waals surface area contributed by atoms with Gasteiger partial charge in [0.15, 0.2) is 0 Å². The minimum atomic E-state index is -0.103. The van der Waals surface area contributed by atoms with Gasteiger partial charge in [-0.15, -0.1) is 0 Å². The molecule has 0 unspecified atom stereocenters. The molecule has 1 aromatic rings. The van der Waals surface area contributed by atoms with E-state index in [2.05, 4.69) is 10.6 Å². The Labute approximate surface area is 125 Å². The van der Waals surface area contributed by atoms with Crippen molar-refractivity contribution in [2.24, 2.45) is 0 Å². The predicted octanol–water partition coefficient (Wildman–Crippen LogP) is 1.54. The second-order valence-electron chi connectivity index (χ2n) is 5.37. The Morgan fingerprint density at radius 2 is 2.24 bits per heavy atom. The van der Waals surface area contributed by atoms with Crippen molar-refractivity contribution >= 4 is 17.5 Å². The lowest BCUT2D eigenvalue weighted by Crippen LogP contribution is -2.38. The van der Waals surface area contributed by atoms with E-state index in [9.17, 15) is 9.59 Å². The van der Waals surface area contributed by atoms with Gasteiger partial charge in [0.1, 0.15) is 0 Å². The molecule has 1 saturated heterocycles. The Balaban J connectivity index is 2.00. The Kier molecular flexibility index (Phi) is 5.33. The lowest BCUT2D eigenvalue weighted by atomic mass is 10.1. The van der Waals surface area contributed by atoms with Gasteiger partial charge in [0.2, 0.25) is 5.91 Å². The van der Waals surface area contributed by atoms with E-state index in [1.165, 1.54) is 0 Å². The molecular weight excluding hydrogens is 266 g/mol. The number of carbonyl (C=O) groups excluding carboxylic acids is 2. The second-order valence-corrected chi connectivity index (χ2v) is 5.37. The number of anilines is 1. The van der Waals surface area contributed by atoms with E-state index in [4.69, 9.17) is 0 Å². The smallest absolute Gasteiger partial charge is 0.251 e. The molecule has 1 aliphatic heterocycles. The van der Waals surface area contributed by atoms with Gasteiger partial charge in [0.25, 0.3) is 5.91 Å². The summed E-state index contributed by atoms with van der Waals surface area (Å²) in [4.78, 5) is 25.7. The number of nitrogens with zero attached hydrogens (tertiary/aromatic N) is 1. The normalized spacial score (nSPS) is 16.1. The number of amides is 2. The third-order valence-corrected chi connectivity index (χ3v) is 3.61. The Hall–Kier alpha value is -1.88. The summed E-state index contributed by atoms with van der Waals surface area (Å²) in [5.74, 6) is 0.0292. The highest BCUT2D eigenvalue weighted by Gasteiger charge is 2.22. The fraction of sp³-hybridized carbons (Fsp3) is 0.500. The second kappa shape index (κ2) is 7.22. The number of nitrogens with one attached hydrogen (secondary N) is 2. The molecule has 21 heavy (non-hydrogen) atoms. The first-order valence-electron chi connectivity index (χ1n) is 7.54. The summed E-state index contributed by atoms with van der Waals surface area (Å²) >= 11 is 0. The monoisotopic (exact) mass is 289 g/mol. The number of likely N-dealkylation sites (N-methyl/N-ethyl adjacent to an activating group) is 1. The highest BCUT2D eigenvalue weighted by atomic mass is 16.2. The summed E-state index contributed by atoms with van der Waals surface area (Å²) < 4.78 is 0. The van der Waals surface area contributed by atoms with Gasteiger partial charge in [0, 0.05) is 36.8 Å². The molecule has 0 radical (unpaired) electrons. The van der Waals surface area contributed by atoms with Gasteiger partial charge in [-0.3, -0.25) is 9.59 Å². The van der Waals surface area contributed by atoms with Crippen LogP contribution in [0.3, 0.4) is 0 Å². The summed E-state index contributed by atoms with van der Waals surface area (Å²) in [7, 11) is 0. The van der Waals surface area contributed by atoms with Gasteiger partial charge >= 0.3 is 0 Å². The molecule has 2 rings (SSSR count).